The zero-order valence-electron chi connectivity index (χ0n) is 13.0. The Bertz CT molecular complexity index is 1080. The van der Waals surface area contributed by atoms with Gasteiger partial charge >= 0.3 is 5.69 Å². The van der Waals surface area contributed by atoms with Gasteiger partial charge in [0.25, 0.3) is 0 Å². The second kappa shape index (κ2) is 5.34. The molecule has 4 rings (SSSR count). The molecule has 0 atom stereocenters. The Morgan fingerprint density at radius 1 is 1.38 bits per heavy atom. The van der Waals surface area contributed by atoms with Crippen molar-refractivity contribution in [1.29, 1.82) is 0 Å². The van der Waals surface area contributed by atoms with E-state index in [4.69, 9.17) is 0 Å². The first-order valence-electron chi connectivity index (χ1n) is 7.29. The van der Waals surface area contributed by atoms with Crippen molar-refractivity contribution in [3.05, 3.63) is 45.1 Å². The van der Waals surface area contributed by atoms with Gasteiger partial charge in [-0.15, -0.1) is 16.4 Å². The standard InChI is InChI=1S/C14H13N7O2S/c1-8-9(2)24-14-12(8)13-17-11(18-20(13)7-15-14)3-4-19-6-10(5-16-19)21(22)23/h5-7H,3-4H2,1-2H3. The molecule has 0 spiro atoms. The molecule has 0 amide bonds. The van der Waals surface area contributed by atoms with Gasteiger partial charge in [-0.05, 0) is 19.4 Å². The van der Waals surface area contributed by atoms with Crippen LogP contribution in [0.25, 0.3) is 15.9 Å². The van der Waals surface area contributed by atoms with Gasteiger partial charge in [-0.3, -0.25) is 14.8 Å². The lowest BCUT2D eigenvalue weighted by molar-refractivity contribution is -0.385. The van der Waals surface area contributed by atoms with Crippen LogP contribution in [0.2, 0.25) is 0 Å². The normalized spacial score (nSPS) is 11.6. The van der Waals surface area contributed by atoms with E-state index in [0.29, 0.717) is 18.8 Å². The van der Waals surface area contributed by atoms with Crippen LogP contribution in [0.3, 0.4) is 0 Å². The Kier molecular flexibility index (Phi) is 3.27. The fourth-order valence-electron chi connectivity index (χ4n) is 2.58. The first kappa shape index (κ1) is 14.7. The van der Waals surface area contributed by atoms with Crippen molar-refractivity contribution in [2.24, 2.45) is 0 Å². The molecule has 0 aliphatic carbocycles. The van der Waals surface area contributed by atoms with Gasteiger partial charge < -0.3 is 0 Å². The summed E-state index contributed by atoms with van der Waals surface area (Å²) in [5.74, 6) is 0.658. The third kappa shape index (κ3) is 2.31. The van der Waals surface area contributed by atoms with Crippen LogP contribution in [0.1, 0.15) is 16.3 Å². The number of hydrogen-bond donors (Lipinski definition) is 0. The molecular weight excluding hydrogens is 330 g/mol. The van der Waals surface area contributed by atoms with Gasteiger partial charge in [-0.1, -0.05) is 0 Å². The molecular formula is C14H13N7O2S. The van der Waals surface area contributed by atoms with Crippen LogP contribution in [0.5, 0.6) is 0 Å². The molecule has 0 aromatic carbocycles. The monoisotopic (exact) mass is 343 g/mol. The highest BCUT2D eigenvalue weighted by Crippen LogP contribution is 2.30. The Balaban J connectivity index is 1.65. The quantitative estimate of drug-likeness (QED) is 0.416. The predicted octanol–water partition coefficient (Wildman–Crippen LogP) is 2.30. The van der Waals surface area contributed by atoms with Crippen molar-refractivity contribution < 1.29 is 4.92 Å². The smallest absolute Gasteiger partial charge is 0.265 e. The average molecular weight is 343 g/mol. The molecule has 0 radical (unpaired) electrons. The molecule has 0 bridgehead atoms. The van der Waals surface area contributed by atoms with E-state index in [1.807, 2.05) is 0 Å². The van der Waals surface area contributed by atoms with E-state index in [-0.39, 0.29) is 5.69 Å². The maximum atomic E-state index is 10.7. The highest BCUT2D eigenvalue weighted by molar-refractivity contribution is 7.18. The number of thiophene rings is 1. The summed E-state index contributed by atoms with van der Waals surface area (Å²) in [7, 11) is 0. The van der Waals surface area contributed by atoms with Crippen LogP contribution >= 0.6 is 11.3 Å². The van der Waals surface area contributed by atoms with Crippen LogP contribution in [0.15, 0.2) is 18.7 Å². The van der Waals surface area contributed by atoms with Gasteiger partial charge in [0.2, 0.25) is 0 Å². The lowest BCUT2D eigenvalue weighted by Gasteiger charge is -1.95. The Morgan fingerprint density at radius 2 is 2.21 bits per heavy atom. The van der Waals surface area contributed by atoms with Crippen molar-refractivity contribution in [3.8, 4) is 0 Å². The van der Waals surface area contributed by atoms with Gasteiger partial charge in [-0.2, -0.15) is 5.10 Å². The number of hydrogen-bond acceptors (Lipinski definition) is 7. The summed E-state index contributed by atoms with van der Waals surface area (Å²) in [5.41, 5.74) is 1.95. The maximum absolute atomic E-state index is 10.7. The molecule has 0 aliphatic heterocycles. The minimum Gasteiger partial charge on any atom is -0.265 e. The number of fused-ring (bicyclic) bond motifs is 3. The Hall–Kier alpha value is -2.88. The van der Waals surface area contributed by atoms with E-state index in [9.17, 15) is 10.1 Å². The fraction of sp³-hybridized carbons (Fsp3) is 0.286. The lowest BCUT2D eigenvalue weighted by atomic mass is 10.2. The summed E-state index contributed by atoms with van der Waals surface area (Å²) in [6.45, 7) is 4.61. The SMILES string of the molecule is Cc1sc2ncn3nc(CCn4cc([N+](=O)[O-])cn4)nc3c2c1C. The van der Waals surface area contributed by atoms with Gasteiger partial charge in [0, 0.05) is 17.8 Å². The highest BCUT2D eigenvalue weighted by Gasteiger charge is 2.14. The molecule has 4 heterocycles. The minimum atomic E-state index is -0.462. The minimum absolute atomic E-state index is 0.0201. The van der Waals surface area contributed by atoms with Crippen LogP contribution in [0.4, 0.5) is 5.69 Å². The summed E-state index contributed by atoms with van der Waals surface area (Å²) >= 11 is 1.65. The van der Waals surface area contributed by atoms with Gasteiger partial charge in [0.15, 0.2) is 11.5 Å². The Labute approximate surface area is 139 Å². The molecule has 0 unspecified atom stereocenters. The van der Waals surface area contributed by atoms with E-state index in [1.54, 1.807) is 22.2 Å². The molecule has 0 saturated heterocycles. The number of nitro groups is 1. The molecule has 24 heavy (non-hydrogen) atoms. The van der Waals surface area contributed by atoms with E-state index >= 15 is 0 Å². The van der Waals surface area contributed by atoms with Gasteiger partial charge in [0.1, 0.15) is 23.6 Å². The van der Waals surface area contributed by atoms with Crippen LogP contribution in [-0.2, 0) is 13.0 Å². The molecule has 0 fully saturated rings. The number of nitrogens with zero attached hydrogens (tertiary/aromatic N) is 7. The topological polar surface area (TPSA) is 104 Å². The van der Waals surface area contributed by atoms with Gasteiger partial charge in [0.05, 0.1) is 10.3 Å². The molecule has 9 nitrogen and oxygen atoms in total. The van der Waals surface area contributed by atoms with Crippen molar-refractivity contribution in [3.63, 3.8) is 0 Å². The van der Waals surface area contributed by atoms with E-state index in [1.165, 1.54) is 27.5 Å². The third-order valence-corrected chi connectivity index (χ3v) is 5.06. The number of aryl methyl sites for hydroxylation is 4. The molecule has 0 aliphatic rings. The number of aromatic nitrogens is 6. The second-order valence-electron chi connectivity index (χ2n) is 5.47. The van der Waals surface area contributed by atoms with Gasteiger partial charge in [-0.25, -0.2) is 14.5 Å². The lowest BCUT2D eigenvalue weighted by Crippen LogP contribution is -2.03. The van der Waals surface area contributed by atoms with Crippen molar-refractivity contribution in [2.75, 3.05) is 0 Å². The van der Waals surface area contributed by atoms with Crippen molar-refractivity contribution in [1.82, 2.24) is 29.4 Å². The third-order valence-electron chi connectivity index (χ3n) is 3.94. The van der Waals surface area contributed by atoms with Crippen LogP contribution in [0, 0.1) is 24.0 Å². The molecule has 0 N–H and O–H groups in total. The molecule has 4 aromatic rings. The molecule has 4 aromatic heterocycles. The second-order valence-corrected chi connectivity index (χ2v) is 6.68. The number of rotatable bonds is 4. The zero-order chi connectivity index (χ0) is 16.8. The van der Waals surface area contributed by atoms with E-state index in [0.717, 1.165) is 15.9 Å². The summed E-state index contributed by atoms with van der Waals surface area (Å²) in [5, 5.41) is 20.1. The summed E-state index contributed by atoms with van der Waals surface area (Å²) in [4.78, 5) is 21.4. The highest BCUT2D eigenvalue weighted by atomic mass is 32.1. The molecule has 0 saturated carbocycles. The van der Waals surface area contributed by atoms with Crippen LogP contribution < -0.4 is 0 Å². The van der Waals surface area contributed by atoms with E-state index < -0.39 is 4.92 Å². The van der Waals surface area contributed by atoms with Crippen molar-refractivity contribution in [2.45, 2.75) is 26.8 Å². The maximum Gasteiger partial charge on any atom is 0.306 e. The molecule has 122 valence electrons. The van der Waals surface area contributed by atoms with Crippen molar-refractivity contribution >= 4 is 32.9 Å². The largest absolute Gasteiger partial charge is 0.306 e. The summed E-state index contributed by atoms with van der Waals surface area (Å²) in [6.07, 6.45) is 4.84. The zero-order valence-corrected chi connectivity index (χ0v) is 13.8. The molecule has 10 heteroatoms. The van der Waals surface area contributed by atoms with E-state index in [2.05, 4.69) is 34.0 Å². The predicted molar refractivity (Wildman–Crippen MR) is 88.2 cm³/mol. The summed E-state index contributed by atoms with van der Waals surface area (Å²) < 4.78 is 3.21. The fourth-order valence-corrected chi connectivity index (χ4v) is 3.57. The van der Waals surface area contributed by atoms with Crippen LogP contribution in [-0.4, -0.2) is 34.3 Å². The first-order chi connectivity index (χ1) is 11.5. The average Bonchev–Trinajstić information content (AvgIpc) is 3.23. The first-order valence-corrected chi connectivity index (χ1v) is 8.11. The summed E-state index contributed by atoms with van der Waals surface area (Å²) in [6, 6.07) is 0. The Morgan fingerprint density at radius 3 is 2.96 bits per heavy atom.